The molecule has 1 saturated heterocycles. The van der Waals surface area contributed by atoms with E-state index in [1.807, 2.05) is 0 Å². The van der Waals surface area contributed by atoms with Gasteiger partial charge in [-0.1, -0.05) is 0 Å². The van der Waals surface area contributed by atoms with Crippen molar-refractivity contribution in [1.82, 2.24) is 8.01 Å². The topological polar surface area (TPSA) is 23.6 Å². The molecule has 0 bridgehead atoms. The Bertz CT molecular complexity index is 271. The summed E-state index contributed by atoms with van der Waals surface area (Å²) in [4.78, 5) is 13.7. The van der Waals surface area contributed by atoms with Gasteiger partial charge < -0.3 is 4.90 Å². The molecule has 17 heavy (non-hydrogen) atoms. The van der Waals surface area contributed by atoms with Crippen LogP contribution in [0.3, 0.4) is 0 Å². The van der Waals surface area contributed by atoms with Crippen LogP contribution in [0.2, 0.25) is 0 Å². The van der Waals surface area contributed by atoms with Gasteiger partial charge in [-0.05, 0) is 45.6 Å². The molecule has 2 rings (SSSR count). The fourth-order valence-corrected chi connectivity index (χ4v) is 3.48. The first-order chi connectivity index (χ1) is 8.06. The minimum Gasteiger partial charge on any atom is -0.303 e. The molecule has 3 nitrogen and oxygen atoms in total. The van der Waals surface area contributed by atoms with Gasteiger partial charge in [-0.3, -0.25) is 4.79 Å². The Balaban J connectivity index is 1.68. The number of carbonyl (C=O) groups is 1. The molecule has 0 aromatic rings. The Labute approximate surface area is 118 Å². The minimum absolute atomic E-state index is 0.360. The van der Waals surface area contributed by atoms with Gasteiger partial charge in [0.15, 0.2) is 0 Å². The quantitative estimate of drug-likeness (QED) is 0.575. The Morgan fingerprint density at radius 2 is 1.94 bits per heavy atom. The molecule has 0 spiro atoms. The van der Waals surface area contributed by atoms with Gasteiger partial charge in [0.25, 0.3) is 0 Å². The van der Waals surface area contributed by atoms with Gasteiger partial charge in [-0.2, -0.15) is 0 Å². The van der Waals surface area contributed by atoms with Crippen LogP contribution >= 0.6 is 22.9 Å². The van der Waals surface area contributed by atoms with Crippen LogP contribution in [0.1, 0.15) is 32.6 Å². The molecule has 4 heteroatoms. The molecule has 98 valence electrons. The number of Topliss-reactive ketones (excluding diaryl/α,β-unsaturated/α-hetero) is 1. The molecule has 0 amide bonds. The van der Waals surface area contributed by atoms with Gasteiger partial charge in [0.1, 0.15) is 5.78 Å². The van der Waals surface area contributed by atoms with E-state index in [0.717, 1.165) is 18.8 Å². The molecule has 0 N–H and O–H groups in total. The van der Waals surface area contributed by atoms with E-state index >= 15 is 0 Å². The van der Waals surface area contributed by atoms with E-state index in [-0.39, 0.29) is 0 Å². The average molecular weight is 350 g/mol. The molecule has 0 unspecified atom stereocenters. The molecule has 2 aliphatic rings. The average Bonchev–Trinajstić information content (AvgIpc) is 2.18. The Morgan fingerprint density at radius 3 is 2.47 bits per heavy atom. The Morgan fingerprint density at radius 1 is 1.35 bits per heavy atom. The second kappa shape index (κ2) is 5.97. The van der Waals surface area contributed by atoms with Crippen LogP contribution in [0.25, 0.3) is 0 Å². The molecule has 0 radical (unpaired) electrons. The third-order valence-electron chi connectivity index (χ3n) is 4.42. The van der Waals surface area contributed by atoms with Gasteiger partial charge in [0, 0.05) is 54.5 Å². The first-order valence-electron chi connectivity index (χ1n) is 6.67. The summed E-state index contributed by atoms with van der Waals surface area (Å²) in [5.74, 6) is 1.61. The predicted molar refractivity (Wildman–Crippen MR) is 78.1 cm³/mol. The van der Waals surface area contributed by atoms with Gasteiger partial charge in [0.2, 0.25) is 0 Å². The molecule has 1 aliphatic heterocycles. The van der Waals surface area contributed by atoms with Crippen LogP contribution in [0.4, 0.5) is 0 Å². The van der Waals surface area contributed by atoms with Crippen LogP contribution < -0.4 is 0 Å². The number of nitrogens with zero attached hydrogens (tertiary/aromatic N) is 2. The number of rotatable bonds is 4. The van der Waals surface area contributed by atoms with Crippen molar-refractivity contribution in [3.05, 3.63) is 0 Å². The molecule has 2 fully saturated rings. The fraction of sp³-hybridized carbons (Fsp3) is 0.923. The molecular weight excluding hydrogens is 327 g/mol. The van der Waals surface area contributed by atoms with Crippen molar-refractivity contribution in [3.8, 4) is 0 Å². The lowest BCUT2D eigenvalue weighted by atomic mass is 9.77. The normalized spacial score (nSPS) is 31.5. The zero-order chi connectivity index (χ0) is 12.4. The summed E-state index contributed by atoms with van der Waals surface area (Å²) >= 11 is 2.42. The second-order valence-corrected chi connectivity index (χ2v) is 7.09. The molecule has 0 aromatic heterocycles. The highest BCUT2D eigenvalue weighted by Gasteiger charge is 2.35. The van der Waals surface area contributed by atoms with Gasteiger partial charge in [0.05, 0.1) is 0 Å². The monoisotopic (exact) mass is 350 g/mol. The molecule has 0 aromatic carbocycles. The van der Waals surface area contributed by atoms with Crippen LogP contribution in [-0.2, 0) is 4.79 Å². The van der Waals surface area contributed by atoms with E-state index < -0.39 is 0 Å². The summed E-state index contributed by atoms with van der Waals surface area (Å²) in [6, 6.07) is 0.668. The first kappa shape index (κ1) is 13.7. The first-order valence-corrected chi connectivity index (χ1v) is 7.64. The number of hydrogen-bond donors (Lipinski definition) is 0. The van der Waals surface area contributed by atoms with Crippen LogP contribution in [-0.4, -0.2) is 46.5 Å². The second-order valence-electron chi connectivity index (χ2n) is 5.73. The summed E-state index contributed by atoms with van der Waals surface area (Å²) in [6.07, 6.45) is 4.85. The lowest BCUT2D eigenvalue weighted by Gasteiger charge is -2.42. The molecular formula is C13H23IN2O. The van der Waals surface area contributed by atoms with E-state index in [2.05, 4.69) is 37.9 Å². The van der Waals surface area contributed by atoms with Crippen LogP contribution in [0, 0.1) is 11.8 Å². The van der Waals surface area contributed by atoms with Gasteiger partial charge in [-0.25, -0.2) is 3.11 Å². The highest BCUT2D eigenvalue weighted by atomic mass is 127. The number of ketones is 1. The highest BCUT2D eigenvalue weighted by Crippen LogP contribution is 2.33. The van der Waals surface area contributed by atoms with Crippen LogP contribution in [0.15, 0.2) is 0 Å². The maximum atomic E-state index is 11.2. The van der Waals surface area contributed by atoms with Gasteiger partial charge >= 0.3 is 0 Å². The number of hydrogen-bond acceptors (Lipinski definition) is 3. The van der Waals surface area contributed by atoms with E-state index in [1.165, 1.54) is 32.5 Å². The van der Waals surface area contributed by atoms with Crippen molar-refractivity contribution < 1.29 is 4.79 Å². The lowest BCUT2D eigenvalue weighted by molar-refractivity contribution is -0.125. The van der Waals surface area contributed by atoms with Gasteiger partial charge in [-0.15, -0.1) is 0 Å². The number of carbonyl (C=O) groups excluding carboxylic acids is 1. The summed E-state index contributed by atoms with van der Waals surface area (Å²) in [7, 11) is 2.23. The van der Waals surface area contributed by atoms with E-state index in [0.29, 0.717) is 17.7 Å². The van der Waals surface area contributed by atoms with Crippen molar-refractivity contribution in [2.45, 2.75) is 38.6 Å². The molecule has 1 aliphatic carbocycles. The van der Waals surface area contributed by atoms with Crippen molar-refractivity contribution in [2.24, 2.45) is 11.8 Å². The summed E-state index contributed by atoms with van der Waals surface area (Å²) in [5.41, 5.74) is 0. The summed E-state index contributed by atoms with van der Waals surface area (Å²) in [6.45, 7) is 5.43. The van der Waals surface area contributed by atoms with Crippen molar-refractivity contribution in [3.63, 3.8) is 0 Å². The zero-order valence-electron chi connectivity index (χ0n) is 10.9. The predicted octanol–water partition coefficient (Wildman–Crippen LogP) is 2.35. The highest BCUT2D eigenvalue weighted by molar-refractivity contribution is 14.1. The fourth-order valence-electron chi connectivity index (χ4n) is 2.92. The lowest BCUT2D eigenvalue weighted by Crippen LogP contribution is -2.47. The van der Waals surface area contributed by atoms with E-state index in [1.54, 1.807) is 6.92 Å². The smallest absolute Gasteiger partial charge is 0.133 e. The van der Waals surface area contributed by atoms with Crippen LogP contribution in [0.5, 0.6) is 0 Å². The maximum absolute atomic E-state index is 11.2. The third-order valence-corrected chi connectivity index (χ3v) is 5.38. The van der Waals surface area contributed by atoms with Crippen molar-refractivity contribution in [1.29, 1.82) is 0 Å². The SMILES string of the molecule is CC(=O)C1CC(N(C)CC2CCN(I)CC2)C1. The number of piperidine rings is 1. The zero-order valence-corrected chi connectivity index (χ0v) is 13.0. The molecule has 0 atom stereocenters. The van der Waals surface area contributed by atoms with E-state index in [9.17, 15) is 4.79 Å². The summed E-state index contributed by atoms with van der Waals surface area (Å²) < 4.78 is 2.39. The van der Waals surface area contributed by atoms with Crippen molar-refractivity contribution >= 4 is 28.6 Å². The van der Waals surface area contributed by atoms with E-state index in [4.69, 9.17) is 0 Å². The largest absolute Gasteiger partial charge is 0.303 e. The molecule has 1 heterocycles. The third kappa shape index (κ3) is 3.64. The Kier molecular flexibility index (Phi) is 4.83. The maximum Gasteiger partial charge on any atom is 0.133 e. The number of halogens is 1. The van der Waals surface area contributed by atoms with Crippen molar-refractivity contribution in [2.75, 3.05) is 26.7 Å². The standard InChI is InChI=1S/C13H23IN2O/c1-10(17)12-7-13(8-12)15(2)9-11-3-5-16(14)6-4-11/h11-13H,3-9H2,1-2H3. The molecule has 1 saturated carbocycles. The Hall–Kier alpha value is 0.320. The summed E-state index contributed by atoms with van der Waals surface area (Å²) in [5, 5.41) is 0. The minimum atomic E-state index is 0.360.